The predicted octanol–water partition coefficient (Wildman–Crippen LogP) is 5.33. The Morgan fingerprint density at radius 3 is 2.26 bits per heavy atom. The SMILES string of the molecule is C[C@@H](c1ccc(-c2cccnc2)cc1)N(CC[C@H](CCOS(C)(=O)=O)c1ccccc1)C(=O)O. The van der Waals surface area contributed by atoms with Crippen LogP contribution in [0.3, 0.4) is 0 Å². The number of benzene rings is 2. The summed E-state index contributed by atoms with van der Waals surface area (Å²) in [7, 11) is -3.53. The van der Waals surface area contributed by atoms with Gasteiger partial charge in [0.2, 0.25) is 0 Å². The summed E-state index contributed by atoms with van der Waals surface area (Å²) < 4.78 is 27.6. The summed E-state index contributed by atoms with van der Waals surface area (Å²) in [6, 6.07) is 21.0. The van der Waals surface area contributed by atoms with Crippen molar-refractivity contribution in [3.05, 3.63) is 90.3 Å². The molecule has 0 aliphatic rings. The smallest absolute Gasteiger partial charge is 0.407 e. The number of hydrogen-bond acceptors (Lipinski definition) is 5. The molecule has 1 amide bonds. The summed E-state index contributed by atoms with van der Waals surface area (Å²) in [5.74, 6) is -0.0371. The van der Waals surface area contributed by atoms with E-state index in [1.165, 1.54) is 4.90 Å². The van der Waals surface area contributed by atoms with E-state index in [9.17, 15) is 18.3 Å². The molecule has 0 saturated heterocycles. The van der Waals surface area contributed by atoms with Crippen LogP contribution in [-0.4, -0.2) is 48.9 Å². The number of nitrogens with zero attached hydrogens (tertiary/aromatic N) is 2. The number of pyridine rings is 1. The van der Waals surface area contributed by atoms with Gasteiger partial charge < -0.3 is 10.0 Å². The molecule has 3 aromatic rings. The summed E-state index contributed by atoms with van der Waals surface area (Å²) in [6.07, 6.45) is 4.56. The van der Waals surface area contributed by atoms with Crippen molar-refractivity contribution >= 4 is 16.2 Å². The van der Waals surface area contributed by atoms with Crippen LogP contribution in [0.15, 0.2) is 79.1 Å². The van der Waals surface area contributed by atoms with E-state index < -0.39 is 16.2 Å². The van der Waals surface area contributed by atoms with Crippen molar-refractivity contribution in [3.63, 3.8) is 0 Å². The number of carboxylic acid groups (broad SMARTS) is 1. The number of amides is 1. The van der Waals surface area contributed by atoms with Gasteiger partial charge in [-0.25, -0.2) is 4.79 Å². The maximum atomic E-state index is 12.1. The first kappa shape index (κ1) is 25.4. The van der Waals surface area contributed by atoms with Gasteiger partial charge in [0.05, 0.1) is 18.9 Å². The van der Waals surface area contributed by atoms with Crippen LogP contribution < -0.4 is 0 Å². The average Bonchev–Trinajstić information content (AvgIpc) is 2.83. The van der Waals surface area contributed by atoms with Gasteiger partial charge in [0, 0.05) is 18.9 Å². The quantitative estimate of drug-likeness (QED) is 0.371. The fourth-order valence-corrected chi connectivity index (χ4v) is 4.36. The molecule has 8 heteroatoms. The molecule has 0 spiro atoms. The molecule has 180 valence electrons. The van der Waals surface area contributed by atoms with Crippen LogP contribution in [-0.2, 0) is 14.3 Å². The van der Waals surface area contributed by atoms with E-state index >= 15 is 0 Å². The number of hydrogen-bond donors (Lipinski definition) is 1. The Labute approximate surface area is 201 Å². The van der Waals surface area contributed by atoms with Gasteiger partial charge in [-0.3, -0.25) is 9.17 Å². The molecule has 0 bridgehead atoms. The Morgan fingerprint density at radius 2 is 1.68 bits per heavy atom. The summed E-state index contributed by atoms with van der Waals surface area (Å²) in [4.78, 5) is 17.7. The first-order valence-corrected chi connectivity index (χ1v) is 13.0. The molecule has 1 heterocycles. The lowest BCUT2D eigenvalue weighted by atomic mass is 9.92. The zero-order valence-corrected chi connectivity index (χ0v) is 20.2. The van der Waals surface area contributed by atoms with Gasteiger partial charge >= 0.3 is 6.09 Å². The summed E-state index contributed by atoms with van der Waals surface area (Å²) >= 11 is 0. The molecule has 2 atom stereocenters. The maximum Gasteiger partial charge on any atom is 0.407 e. The van der Waals surface area contributed by atoms with E-state index in [4.69, 9.17) is 4.18 Å². The van der Waals surface area contributed by atoms with Gasteiger partial charge in [-0.1, -0.05) is 60.7 Å². The topological polar surface area (TPSA) is 96.8 Å². The van der Waals surface area contributed by atoms with Gasteiger partial charge in [-0.05, 0) is 54.0 Å². The molecule has 0 unspecified atom stereocenters. The van der Waals surface area contributed by atoms with Crippen molar-refractivity contribution in [1.82, 2.24) is 9.88 Å². The monoisotopic (exact) mass is 482 g/mol. The molecule has 0 fully saturated rings. The summed E-state index contributed by atoms with van der Waals surface area (Å²) in [5, 5.41) is 9.92. The third kappa shape index (κ3) is 7.40. The van der Waals surface area contributed by atoms with Crippen LogP contribution in [0.5, 0.6) is 0 Å². The Balaban J connectivity index is 1.71. The molecular weight excluding hydrogens is 452 g/mol. The number of aromatic nitrogens is 1. The first-order valence-electron chi connectivity index (χ1n) is 11.1. The predicted molar refractivity (Wildman–Crippen MR) is 132 cm³/mol. The van der Waals surface area contributed by atoms with Gasteiger partial charge in [0.25, 0.3) is 10.1 Å². The second-order valence-corrected chi connectivity index (χ2v) is 9.87. The van der Waals surface area contributed by atoms with Crippen LogP contribution in [0.25, 0.3) is 11.1 Å². The highest BCUT2D eigenvalue weighted by molar-refractivity contribution is 7.85. The minimum atomic E-state index is -3.53. The standard InChI is InChI=1S/C26H30N2O5S/c1-20(21-10-12-23(13-11-21)25-9-6-16-27-19-25)28(26(29)30)17-14-24(15-18-33-34(2,31)32)22-7-4-3-5-8-22/h3-13,16,19-20,24H,14-15,17-18H2,1-2H3,(H,29,30)/t20-,24+/m0/s1. The molecule has 0 saturated carbocycles. The average molecular weight is 483 g/mol. The number of rotatable bonds is 11. The van der Waals surface area contributed by atoms with Crippen molar-refractivity contribution in [2.75, 3.05) is 19.4 Å². The van der Waals surface area contributed by atoms with Gasteiger partial charge in [0.15, 0.2) is 0 Å². The highest BCUT2D eigenvalue weighted by Crippen LogP contribution is 2.28. The zero-order chi connectivity index (χ0) is 24.6. The van der Waals surface area contributed by atoms with Gasteiger partial charge in [-0.2, -0.15) is 8.42 Å². The van der Waals surface area contributed by atoms with Gasteiger partial charge in [-0.15, -0.1) is 0 Å². The lowest BCUT2D eigenvalue weighted by molar-refractivity contribution is 0.125. The van der Waals surface area contributed by atoms with E-state index in [-0.39, 0.29) is 18.6 Å². The molecule has 1 N–H and O–H groups in total. The molecule has 0 radical (unpaired) electrons. The van der Waals surface area contributed by atoms with Crippen molar-refractivity contribution in [2.45, 2.75) is 31.7 Å². The Morgan fingerprint density at radius 1 is 0.971 bits per heavy atom. The second-order valence-electron chi connectivity index (χ2n) is 8.23. The van der Waals surface area contributed by atoms with E-state index in [1.54, 1.807) is 12.4 Å². The molecule has 0 aliphatic carbocycles. The third-order valence-electron chi connectivity index (χ3n) is 5.85. The highest BCUT2D eigenvalue weighted by Gasteiger charge is 2.23. The second kappa shape index (κ2) is 11.8. The third-order valence-corrected chi connectivity index (χ3v) is 6.45. The molecule has 34 heavy (non-hydrogen) atoms. The lowest BCUT2D eigenvalue weighted by Gasteiger charge is -2.29. The van der Waals surface area contributed by atoms with E-state index in [2.05, 4.69) is 4.98 Å². The molecule has 7 nitrogen and oxygen atoms in total. The molecule has 1 aromatic heterocycles. The van der Waals surface area contributed by atoms with Crippen LogP contribution in [0, 0.1) is 0 Å². The Hall–Kier alpha value is -3.23. The molecular formula is C26H30N2O5S. The lowest BCUT2D eigenvalue weighted by Crippen LogP contribution is -2.34. The maximum absolute atomic E-state index is 12.1. The minimum Gasteiger partial charge on any atom is -0.465 e. The number of carbonyl (C=O) groups is 1. The molecule has 2 aromatic carbocycles. The Kier molecular flexibility index (Phi) is 8.79. The van der Waals surface area contributed by atoms with E-state index in [0.717, 1.165) is 28.5 Å². The molecule has 3 rings (SSSR count). The summed E-state index contributed by atoms with van der Waals surface area (Å²) in [6.45, 7) is 2.23. The van der Waals surface area contributed by atoms with Crippen LogP contribution in [0.1, 0.15) is 42.9 Å². The van der Waals surface area contributed by atoms with E-state index in [1.807, 2.05) is 73.7 Å². The minimum absolute atomic E-state index is 0.0371. The van der Waals surface area contributed by atoms with Crippen molar-refractivity contribution in [2.24, 2.45) is 0 Å². The first-order chi connectivity index (χ1) is 16.2. The van der Waals surface area contributed by atoms with Crippen molar-refractivity contribution < 1.29 is 22.5 Å². The summed E-state index contributed by atoms with van der Waals surface area (Å²) in [5.41, 5.74) is 3.94. The largest absolute Gasteiger partial charge is 0.465 e. The fraction of sp³-hybridized carbons (Fsp3) is 0.308. The highest BCUT2D eigenvalue weighted by atomic mass is 32.2. The van der Waals surface area contributed by atoms with Crippen LogP contribution >= 0.6 is 0 Å². The van der Waals surface area contributed by atoms with Crippen LogP contribution in [0.2, 0.25) is 0 Å². The van der Waals surface area contributed by atoms with Crippen molar-refractivity contribution in [3.8, 4) is 11.1 Å². The van der Waals surface area contributed by atoms with Crippen LogP contribution in [0.4, 0.5) is 4.79 Å². The molecule has 0 aliphatic heterocycles. The Bertz CT molecular complexity index is 1150. The normalized spacial score (nSPS) is 13.2. The zero-order valence-electron chi connectivity index (χ0n) is 19.4. The fourth-order valence-electron chi connectivity index (χ4n) is 3.96. The van der Waals surface area contributed by atoms with E-state index in [0.29, 0.717) is 19.4 Å². The van der Waals surface area contributed by atoms with Crippen molar-refractivity contribution in [1.29, 1.82) is 0 Å². The van der Waals surface area contributed by atoms with Gasteiger partial charge in [0.1, 0.15) is 0 Å².